The maximum atomic E-state index is 12.0. The number of carbonyl (C=O) groups excluding carboxylic acids is 2. The van der Waals surface area contributed by atoms with Gasteiger partial charge >= 0.3 is 5.97 Å². The van der Waals surface area contributed by atoms with Gasteiger partial charge in [-0.1, -0.05) is 18.2 Å². The molecule has 1 atom stereocenters. The van der Waals surface area contributed by atoms with E-state index >= 15 is 0 Å². The Morgan fingerprint density at radius 3 is 2.64 bits per heavy atom. The van der Waals surface area contributed by atoms with Crippen molar-refractivity contribution in [1.82, 2.24) is 4.98 Å². The number of aromatic nitrogens is 1. The lowest BCUT2D eigenvalue weighted by molar-refractivity contribution is -0.123. The molecule has 0 unspecified atom stereocenters. The number of benzene rings is 1. The van der Waals surface area contributed by atoms with Crippen LogP contribution in [0.4, 0.5) is 5.69 Å². The van der Waals surface area contributed by atoms with Crippen LogP contribution in [-0.2, 0) is 9.53 Å². The molecule has 2 aromatic rings. The summed E-state index contributed by atoms with van der Waals surface area (Å²) in [6.45, 7) is 1.45. The Morgan fingerprint density at radius 1 is 1.23 bits per heavy atom. The summed E-state index contributed by atoms with van der Waals surface area (Å²) in [7, 11) is 0. The molecule has 2 rings (SSSR count). The number of nitriles is 1. The average molecular weight is 295 g/mol. The number of hydrogen-bond donors (Lipinski definition) is 1. The van der Waals surface area contributed by atoms with Crippen molar-refractivity contribution in [1.29, 1.82) is 5.26 Å². The Morgan fingerprint density at radius 2 is 1.95 bits per heavy atom. The van der Waals surface area contributed by atoms with Crippen LogP contribution in [0.15, 0.2) is 48.7 Å². The van der Waals surface area contributed by atoms with E-state index in [-0.39, 0.29) is 5.69 Å². The summed E-state index contributed by atoms with van der Waals surface area (Å²) in [6.07, 6.45) is 0.450. The Balaban J connectivity index is 2.01. The standard InChI is InChI=1S/C16H13N3O3/c1-11(22-16(21)14-8-4-5-9-18-14)15(20)19-13-7-3-2-6-12(13)10-17/h2-9,11H,1H3,(H,19,20)/t11-/m1/s1. The molecule has 1 amide bonds. The minimum Gasteiger partial charge on any atom is -0.448 e. The second-order valence-corrected chi connectivity index (χ2v) is 4.41. The molecule has 0 saturated carbocycles. The molecular weight excluding hydrogens is 282 g/mol. The number of hydrogen-bond acceptors (Lipinski definition) is 5. The highest BCUT2D eigenvalue weighted by molar-refractivity contribution is 5.97. The van der Waals surface area contributed by atoms with Crippen LogP contribution in [0.25, 0.3) is 0 Å². The van der Waals surface area contributed by atoms with Gasteiger partial charge in [-0.2, -0.15) is 5.26 Å². The fourth-order valence-corrected chi connectivity index (χ4v) is 1.68. The molecule has 1 aromatic carbocycles. The molecule has 0 spiro atoms. The number of rotatable bonds is 4. The largest absolute Gasteiger partial charge is 0.448 e. The van der Waals surface area contributed by atoms with Gasteiger partial charge < -0.3 is 10.1 Å². The average Bonchev–Trinajstić information content (AvgIpc) is 2.56. The molecule has 0 radical (unpaired) electrons. The Kier molecular flexibility index (Phi) is 4.83. The van der Waals surface area contributed by atoms with E-state index in [1.54, 1.807) is 36.4 Å². The number of pyridine rings is 1. The maximum absolute atomic E-state index is 12.0. The Bertz CT molecular complexity index is 723. The van der Waals surface area contributed by atoms with Gasteiger partial charge in [0.05, 0.1) is 11.3 Å². The molecule has 110 valence electrons. The highest BCUT2D eigenvalue weighted by atomic mass is 16.5. The van der Waals surface area contributed by atoms with Crippen molar-refractivity contribution in [2.45, 2.75) is 13.0 Å². The van der Waals surface area contributed by atoms with Crippen LogP contribution in [0.3, 0.4) is 0 Å². The summed E-state index contributed by atoms with van der Waals surface area (Å²) >= 11 is 0. The zero-order valence-electron chi connectivity index (χ0n) is 11.8. The number of para-hydroxylation sites is 1. The van der Waals surface area contributed by atoms with Crippen LogP contribution in [0.2, 0.25) is 0 Å². The maximum Gasteiger partial charge on any atom is 0.357 e. The first-order valence-electron chi connectivity index (χ1n) is 6.54. The van der Waals surface area contributed by atoms with Gasteiger partial charge in [-0.3, -0.25) is 4.79 Å². The van der Waals surface area contributed by atoms with Crippen molar-refractivity contribution in [3.05, 3.63) is 59.9 Å². The lowest BCUT2D eigenvalue weighted by atomic mass is 10.2. The minimum atomic E-state index is -1.01. The van der Waals surface area contributed by atoms with E-state index in [1.807, 2.05) is 6.07 Å². The lowest BCUT2D eigenvalue weighted by Gasteiger charge is -2.13. The van der Waals surface area contributed by atoms with Gasteiger partial charge in [0.25, 0.3) is 5.91 Å². The Labute approximate surface area is 127 Å². The molecular formula is C16H13N3O3. The smallest absolute Gasteiger partial charge is 0.357 e. The third-order valence-corrected chi connectivity index (χ3v) is 2.83. The molecule has 0 aliphatic heterocycles. The number of ether oxygens (including phenoxy) is 1. The molecule has 6 nitrogen and oxygen atoms in total. The normalized spacial score (nSPS) is 11.1. The molecule has 0 bridgehead atoms. The second-order valence-electron chi connectivity index (χ2n) is 4.41. The SMILES string of the molecule is C[C@@H](OC(=O)c1ccccn1)C(=O)Nc1ccccc1C#N. The molecule has 1 heterocycles. The van der Waals surface area contributed by atoms with E-state index in [0.717, 1.165) is 0 Å². The molecule has 0 aliphatic rings. The van der Waals surface area contributed by atoms with Gasteiger partial charge in [0.2, 0.25) is 0 Å². The fraction of sp³-hybridized carbons (Fsp3) is 0.125. The van der Waals surface area contributed by atoms with Crippen molar-refractivity contribution >= 4 is 17.6 Å². The zero-order chi connectivity index (χ0) is 15.9. The number of amides is 1. The summed E-state index contributed by atoms with van der Waals surface area (Å²) < 4.78 is 5.05. The van der Waals surface area contributed by atoms with Gasteiger partial charge in [0.15, 0.2) is 6.10 Å². The summed E-state index contributed by atoms with van der Waals surface area (Å²) in [5.41, 5.74) is 0.828. The second kappa shape index (κ2) is 6.99. The van der Waals surface area contributed by atoms with Crippen molar-refractivity contribution < 1.29 is 14.3 Å². The van der Waals surface area contributed by atoms with Crippen molar-refractivity contribution in [2.75, 3.05) is 5.32 Å². The van der Waals surface area contributed by atoms with Gasteiger partial charge in [0.1, 0.15) is 11.8 Å². The molecule has 0 saturated heterocycles. The van der Waals surface area contributed by atoms with E-state index < -0.39 is 18.0 Å². The van der Waals surface area contributed by atoms with Crippen LogP contribution in [0.1, 0.15) is 23.0 Å². The number of nitrogens with one attached hydrogen (secondary N) is 1. The topological polar surface area (TPSA) is 92.1 Å². The first-order valence-corrected chi connectivity index (χ1v) is 6.54. The van der Waals surface area contributed by atoms with E-state index in [9.17, 15) is 9.59 Å². The van der Waals surface area contributed by atoms with Gasteiger partial charge in [0, 0.05) is 6.20 Å². The fourth-order valence-electron chi connectivity index (χ4n) is 1.68. The predicted molar refractivity (Wildman–Crippen MR) is 78.9 cm³/mol. The minimum absolute atomic E-state index is 0.125. The van der Waals surface area contributed by atoms with Crippen molar-refractivity contribution in [3.63, 3.8) is 0 Å². The first-order chi connectivity index (χ1) is 10.6. The highest BCUT2D eigenvalue weighted by Gasteiger charge is 2.20. The number of anilines is 1. The molecule has 1 aromatic heterocycles. The third kappa shape index (κ3) is 3.67. The molecule has 1 N–H and O–H groups in total. The summed E-state index contributed by atoms with van der Waals surface area (Å²) in [5, 5.41) is 11.5. The molecule has 0 aliphatic carbocycles. The molecule has 22 heavy (non-hydrogen) atoms. The van der Waals surface area contributed by atoms with Crippen molar-refractivity contribution in [3.8, 4) is 6.07 Å². The van der Waals surface area contributed by atoms with Crippen molar-refractivity contribution in [2.24, 2.45) is 0 Å². The van der Waals surface area contributed by atoms with Gasteiger partial charge in [-0.25, -0.2) is 9.78 Å². The summed E-state index contributed by atoms with van der Waals surface area (Å²) in [5.74, 6) is -1.20. The zero-order valence-corrected chi connectivity index (χ0v) is 11.8. The monoisotopic (exact) mass is 295 g/mol. The highest BCUT2D eigenvalue weighted by Crippen LogP contribution is 2.14. The number of esters is 1. The van der Waals surface area contributed by atoms with E-state index in [2.05, 4.69) is 10.3 Å². The first kappa shape index (κ1) is 15.2. The van der Waals surface area contributed by atoms with Gasteiger partial charge in [-0.15, -0.1) is 0 Å². The van der Waals surface area contributed by atoms with Crippen LogP contribution < -0.4 is 5.32 Å². The summed E-state index contributed by atoms with van der Waals surface area (Å²) in [4.78, 5) is 27.7. The quantitative estimate of drug-likeness (QED) is 0.872. The van der Waals surface area contributed by atoms with E-state index in [4.69, 9.17) is 10.00 Å². The number of carbonyl (C=O) groups is 2. The van der Waals surface area contributed by atoms with Crippen LogP contribution in [0.5, 0.6) is 0 Å². The third-order valence-electron chi connectivity index (χ3n) is 2.83. The van der Waals surface area contributed by atoms with Gasteiger partial charge in [-0.05, 0) is 31.2 Å². The Hall–Kier alpha value is -3.20. The van der Waals surface area contributed by atoms with Crippen LogP contribution in [-0.4, -0.2) is 23.0 Å². The molecule has 0 fully saturated rings. The lowest BCUT2D eigenvalue weighted by Crippen LogP contribution is -2.30. The molecule has 6 heteroatoms. The summed E-state index contributed by atoms with van der Waals surface area (Å²) in [6, 6.07) is 13.4. The van der Waals surface area contributed by atoms with Crippen LogP contribution >= 0.6 is 0 Å². The van der Waals surface area contributed by atoms with E-state index in [0.29, 0.717) is 11.3 Å². The number of nitrogens with zero attached hydrogens (tertiary/aromatic N) is 2. The predicted octanol–water partition coefficient (Wildman–Crippen LogP) is 2.14. The van der Waals surface area contributed by atoms with E-state index in [1.165, 1.54) is 19.2 Å². The van der Waals surface area contributed by atoms with Crippen LogP contribution in [0, 0.1) is 11.3 Å².